The second-order valence-electron chi connectivity index (χ2n) is 4.62. The number of hydrogen-bond donors (Lipinski definition) is 1. The largest absolute Gasteiger partial charge is 0.486 e. The number of nitrogens with one attached hydrogen (secondary N) is 1. The van der Waals surface area contributed by atoms with E-state index in [9.17, 15) is 0 Å². The second-order valence-corrected chi connectivity index (χ2v) is 7.76. The first-order valence-corrected chi connectivity index (χ1v) is 8.71. The van der Waals surface area contributed by atoms with Crippen LogP contribution in [0.15, 0.2) is 22.7 Å². The maximum atomic E-state index is 6.20. The van der Waals surface area contributed by atoms with Crippen LogP contribution >= 0.6 is 50.5 Å². The highest BCUT2D eigenvalue weighted by atomic mass is 79.9. The van der Waals surface area contributed by atoms with Crippen molar-refractivity contribution in [3.05, 3.63) is 36.9 Å². The summed E-state index contributed by atoms with van der Waals surface area (Å²) in [6.07, 6.45) is 0. The lowest BCUT2D eigenvalue weighted by Gasteiger charge is -2.22. The summed E-state index contributed by atoms with van der Waals surface area (Å²) in [5, 5.41) is 3.41. The molecule has 0 aliphatic carbocycles. The minimum Gasteiger partial charge on any atom is -0.486 e. The molecule has 1 atom stereocenters. The van der Waals surface area contributed by atoms with Gasteiger partial charge in [0.25, 0.3) is 0 Å². The molecule has 0 saturated heterocycles. The molecular formula is C14H12BrCl2NO2S. The molecule has 1 unspecified atom stereocenters. The third-order valence-electron chi connectivity index (χ3n) is 3.15. The summed E-state index contributed by atoms with van der Waals surface area (Å²) in [4.78, 5) is 0. The fourth-order valence-electron chi connectivity index (χ4n) is 2.13. The first-order valence-electron chi connectivity index (χ1n) is 6.35. The van der Waals surface area contributed by atoms with Crippen LogP contribution in [0.1, 0.15) is 18.5 Å². The van der Waals surface area contributed by atoms with E-state index in [0.717, 1.165) is 27.2 Å². The van der Waals surface area contributed by atoms with E-state index in [1.54, 1.807) is 0 Å². The Labute approximate surface area is 145 Å². The van der Waals surface area contributed by atoms with Crippen molar-refractivity contribution >= 4 is 56.2 Å². The predicted molar refractivity (Wildman–Crippen MR) is 91.5 cm³/mol. The monoisotopic (exact) mass is 407 g/mol. The number of halogens is 3. The Balaban J connectivity index is 1.86. The van der Waals surface area contributed by atoms with Gasteiger partial charge in [-0.05, 0) is 28.9 Å². The maximum Gasteiger partial charge on any atom is 0.163 e. The summed E-state index contributed by atoms with van der Waals surface area (Å²) in [7, 11) is 0. The Kier molecular flexibility index (Phi) is 4.54. The number of fused-ring (bicyclic) bond motifs is 1. The van der Waals surface area contributed by atoms with Crippen LogP contribution in [0.2, 0.25) is 8.67 Å². The zero-order valence-corrected chi connectivity index (χ0v) is 15.0. The molecule has 1 aliphatic rings. The lowest BCUT2D eigenvalue weighted by atomic mass is 10.1. The third kappa shape index (κ3) is 3.26. The highest BCUT2D eigenvalue weighted by molar-refractivity contribution is 9.10. The van der Waals surface area contributed by atoms with Crippen molar-refractivity contribution in [1.29, 1.82) is 0 Å². The van der Waals surface area contributed by atoms with E-state index in [0.29, 0.717) is 21.9 Å². The molecule has 1 N–H and O–H groups in total. The molecule has 21 heavy (non-hydrogen) atoms. The third-order valence-corrected chi connectivity index (χ3v) is 5.33. The molecule has 112 valence electrons. The van der Waals surface area contributed by atoms with Crippen LogP contribution in [0.5, 0.6) is 11.5 Å². The summed E-state index contributed by atoms with van der Waals surface area (Å²) >= 11 is 17.1. The summed E-state index contributed by atoms with van der Waals surface area (Å²) in [6.45, 7) is 3.18. The Morgan fingerprint density at radius 3 is 2.48 bits per heavy atom. The van der Waals surface area contributed by atoms with Crippen LogP contribution in [0, 0.1) is 0 Å². The van der Waals surface area contributed by atoms with E-state index in [2.05, 4.69) is 21.2 Å². The molecular weight excluding hydrogens is 397 g/mol. The molecule has 0 bridgehead atoms. The SMILES string of the molecule is CC(Nc1cc2c(cc1Br)OCCO2)c1cc(Cl)sc1Cl. The van der Waals surface area contributed by atoms with E-state index in [4.69, 9.17) is 32.7 Å². The van der Waals surface area contributed by atoms with E-state index >= 15 is 0 Å². The van der Waals surface area contributed by atoms with Crippen LogP contribution in [0.3, 0.4) is 0 Å². The van der Waals surface area contributed by atoms with Gasteiger partial charge in [-0.25, -0.2) is 0 Å². The van der Waals surface area contributed by atoms with Crippen LogP contribution in [-0.4, -0.2) is 13.2 Å². The molecule has 3 nitrogen and oxygen atoms in total. The van der Waals surface area contributed by atoms with Gasteiger partial charge in [0.15, 0.2) is 11.5 Å². The van der Waals surface area contributed by atoms with Gasteiger partial charge < -0.3 is 14.8 Å². The van der Waals surface area contributed by atoms with E-state index in [1.165, 1.54) is 11.3 Å². The minimum atomic E-state index is 0.0279. The molecule has 0 saturated carbocycles. The second kappa shape index (κ2) is 6.24. The van der Waals surface area contributed by atoms with Crippen molar-refractivity contribution in [1.82, 2.24) is 0 Å². The minimum absolute atomic E-state index is 0.0279. The van der Waals surface area contributed by atoms with E-state index in [1.807, 2.05) is 25.1 Å². The first kappa shape index (κ1) is 15.3. The number of anilines is 1. The molecule has 0 radical (unpaired) electrons. The molecule has 2 heterocycles. The summed E-state index contributed by atoms with van der Waals surface area (Å²) in [5.41, 5.74) is 1.90. The van der Waals surface area contributed by atoms with Crippen LogP contribution in [0.4, 0.5) is 5.69 Å². The summed E-state index contributed by atoms with van der Waals surface area (Å²) in [6, 6.07) is 5.75. The zero-order valence-electron chi connectivity index (χ0n) is 11.1. The lowest BCUT2D eigenvalue weighted by Crippen LogP contribution is -2.16. The average Bonchev–Trinajstić information content (AvgIpc) is 2.78. The van der Waals surface area contributed by atoms with E-state index in [-0.39, 0.29) is 6.04 Å². The fourth-order valence-corrected chi connectivity index (χ4v) is 4.22. The molecule has 7 heteroatoms. The summed E-state index contributed by atoms with van der Waals surface area (Å²) in [5.74, 6) is 1.50. The quantitative estimate of drug-likeness (QED) is 0.699. The van der Waals surface area contributed by atoms with Gasteiger partial charge in [-0.1, -0.05) is 23.2 Å². The van der Waals surface area contributed by atoms with Gasteiger partial charge >= 0.3 is 0 Å². The van der Waals surface area contributed by atoms with Crippen molar-refractivity contribution < 1.29 is 9.47 Å². The van der Waals surface area contributed by atoms with Gasteiger partial charge in [0.1, 0.15) is 13.2 Å². The number of ether oxygens (including phenoxy) is 2. The number of thiophene rings is 1. The Hall–Kier alpha value is -0.620. The molecule has 1 aliphatic heterocycles. The normalized spacial score (nSPS) is 14.9. The molecule has 2 aromatic rings. The predicted octanol–water partition coefficient (Wildman–Crippen LogP) is 5.76. The van der Waals surface area contributed by atoms with Crippen molar-refractivity contribution in [3.8, 4) is 11.5 Å². The molecule has 0 spiro atoms. The van der Waals surface area contributed by atoms with Gasteiger partial charge in [-0.15, -0.1) is 11.3 Å². The number of benzene rings is 1. The van der Waals surface area contributed by atoms with Crippen LogP contribution in [0.25, 0.3) is 0 Å². The molecule has 3 rings (SSSR count). The standard InChI is InChI=1S/C14H12BrCl2NO2S/c1-7(8-4-13(16)21-14(8)17)18-10-6-12-11(5-9(10)15)19-2-3-20-12/h4-7,18H,2-3H2,1H3. The van der Waals surface area contributed by atoms with E-state index < -0.39 is 0 Å². The first-order chi connectivity index (χ1) is 10.0. The summed E-state index contributed by atoms with van der Waals surface area (Å²) < 4.78 is 13.5. The smallest absolute Gasteiger partial charge is 0.163 e. The van der Waals surface area contributed by atoms with Crippen LogP contribution in [-0.2, 0) is 0 Å². The lowest BCUT2D eigenvalue weighted by molar-refractivity contribution is 0.171. The number of hydrogen-bond acceptors (Lipinski definition) is 4. The van der Waals surface area contributed by atoms with Gasteiger partial charge in [-0.3, -0.25) is 0 Å². The topological polar surface area (TPSA) is 30.5 Å². The van der Waals surface area contributed by atoms with Gasteiger partial charge in [0.2, 0.25) is 0 Å². The van der Waals surface area contributed by atoms with Crippen LogP contribution < -0.4 is 14.8 Å². The van der Waals surface area contributed by atoms with Gasteiger partial charge in [0, 0.05) is 22.2 Å². The Morgan fingerprint density at radius 2 is 1.86 bits per heavy atom. The molecule has 1 aromatic carbocycles. The Bertz CT molecular complexity index is 677. The highest BCUT2D eigenvalue weighted by Crippen LogP contribution is 2.41. The number of rotatable bonds is 3. The highest BCUT2D eigenvalue weighted by Gasteiger charge is 2.18. The van der Waals surface area contributed by atoms with Crippen molar-refractivity contribution in [2.24, 2.45) is 0 Å². The average molecular weight is 409 g/mol. The molecule has 0 amide bonds. The van der Waals surface area contributed by atoms with Gasteiger partial charge in [0.05, 0.1) is 20.4 Å². The van der Waals surface area contributed by atoms with Crippen molar-refractivity contribution in [2.45, 2.75) is 13.0 Å². The van der Waals surface area contributed by atoms with Gasteiger partial charge in [-0.2, -0.15) is 0 Å². The maximum absolute atomic E-state index is 6.20. The van der Waals surface area contributed by atoms with Crippen molar-refractivity contribution in [2.75, 3.05) is 18.5 Å². The zero-order chi connectivity index (χ0) is 15.0. The molecule has 0 fully saturated rings. The molecule has 1 aromatic heterocycles. The van der Waals surface area contributed by atoms with Crippen molar-refractivity contribution in [3.63, 3.8) is 0 Å². The Morgan fingerprint density at radius 1 is 1.19 bits per heavy atom. The fraction of sp³-hybridized carbons (Fsp3) is 0.286.